The molecule has 2 aromatic heterocycles. The number of benzene rings is 2. The number of halogens is 2. The van der Waals surface area contributed by atoms with Crippen LogP contribution in [0.4, 0.5) is 5.69 Å². The second-order valence-corrected chi connectivity index (χ2v) is 7.17. The van der Waals surface area contributed by atoms with Gasteiger partial charge >= 0.3 is 0 Å². The Morgan fingerprint density at radius 3 is 2.54 bits per heavy atom. The number of aromatic nitrogens is 2. The monoisotopic (exact) mass is 407 g/mol. The molecule has 0 unspecified atom stereocenters. The predicted octanol–water partition coefficient (Wildman–Crippen LogP) is 6.16. The molecule has 4 rings (SSSR count). The van der Waals surface area contributed by atoms with E-state index in [0.717, 1.165) is 22.0 Å². The van der Waals surface area contributed by atoms with Gasteiger partial charge in [-0.25, -0.2) is 9.97 Å². The summed E-state index contributed by atoms with van der Waals surface area (Å²) in [6.45, 7) is 1.98. The first-order chi connectivity index (χ1) is 13.5. The molecule has 2 heterocycles. The van der Waals surface area contributed by atoms with Crippen molar-refractivity contribution in [2.24, 2.45) is 0 Å². The highest BCUT2D eigenvalue weighted by Crippen LogP contribution is 2.28. The van der Waals surface area contributed by atoms with Gasteiger partial charge in [-0.05, 0) is 49.4 Å². The maximum Gasteiger partial charge on any atom is 0.256 e. The van der Waals surface area contributed by atoms with Crippen molar-refractivity contribution in [3.05, 3.63) is 88.2 Å². The van der Waals surface area contributed by atoms with Crippen molar-refractivity contribution >= 4 is 45.7 Å². The van der Waals surface area contributed by atoms with Gasteiger partial charge in [-0.1, -0.05) is 47.0 Å². The van der Waals surface area contributed by atoms with Gasteiger partial charge in [-0.15, -0.1) is 0 Å². The summed E-state index contributed by atoms with van der Waals surface area (Å²) in [6.07, 6.45) is 1.57. The molecule has 4 nitrogen and oxygen atoms in total. The van der Waals surface area contributed by atoms with E-state index in [1.807, 2.05) is 37.3 Å². The van der Waals surface area contributed by atoms with Crippen molar-refractivity contribution in [1.29, 1.82) is 0 Å². The van der Waals surface area contributed by atoms with Gasteiger partial charge in [-0.2, -0.15) is 0 Å². The third-order valence-corrected chi connectivity index (χ3v) is 4.91. The average molecular weight is 408 g/mol. The van der Waals surface area contributed by atoms with Gasteiger partial charge in [0.1, 0.15) is 0 Å². The van der Waals surface area contributed by atoms with Crippen LogP contribution in [0.25, 0.3) is 22.2 Å². The van der Waals surface area contributed by atoms with Gasteiger partial charge in [0, 0.05) is 22.2 Å². The van der Waals surface area contributed by atoms with Crippen LogP contribution in [-0.4, -0.2) is 15.9 Å². The van der Waals surface area contributed by atoms with Crippen molar-refractivity contribution in [2.75, 3.05) is 5.32 Å². The SMILES string of the molecule is Cc1ccc2nc(-c3ccc(Cl)cc3)cc(C(=O)Nc3cccnc3Cl)c2c1. The predicted molar refractivity (Wildman–Crippen MR) is 114 cm³/mol. The molecule has 0 spiro atoms. The molecule has 138 valence electrons. The number of amides is 1. The van der Waals surface area contributed by atoms with Crippen LogP contribution < -0.4 is 5.32 Å². The molecule has 0 aliphatic heterocycles. The molecule has 28 heavy (non-hydrogen) atoms. The summed E-state index contributed by atoms with van der Waals surface area (Å²) in [5.41, 5.74) is 4.32. The standard InChI is InChI=1S/C22H15Cl2N3O/c1-13-4-9-18-16(11-13)17(22(28)27-19-3-2-10-25-21(19)24)12-20(26-18)14-5-7-15(23)8-6-14/h2-12H,1H3,(H,27,28). The van der Waals surface area contributed by atoms with Gasteiger partial charge in [-0.3, -0.25) is 4.79 Å². The van der Waals surface area contributed by atoms with Crippen molar-refractivity contribution in [1.82, 2.24) is 9.97 Å². The Morgan fingerprint density at radius 2 is 1.79 bits per heavy atom. The summed E-state index contributed by atoms with van der Waals surface area (Å²) in [5, 5.41) is 4.50. The Balaban J connectivity index is 1.85. The summed E-state index contributed by atoms with van der Waals surface area (Å²) in [7, 11) is 0. The number of pyridine rings is 2. The third-order valence-electron chi connectivity index (χ3n) is 4.36. The minimum absolute atomic E-state index is 0.239. The van der Waals surface area contributed by atoms with E-state index in [2.05, 4.69) is 10.3 Å². The number of nitrogens with one attached hydrogen (secondary N) is 1. The summed E-state index contributed by atoms with van der Waals surface area (Å²) < 4.78 is 0. The Bertz CT molecular complexity index is 1190. The highest BCUT2D eigenvalue weighted by Gasteiger charge is 2.16. The highest BCUT2D eigenvalue weighted by atomic mass is 35.5. The van der Waals surface area contributed by atoms with E-state index in [4.69, 9.17) is 28.2 Å². The number of anilines is 1. The molecule has 0 saturated heterocycles. The fourth-order valence-corrected chi connectivity index (χ4v) is 3.26. The third kappa shape index (κ3) is 3.70. The number of hydrogen-bond acceptors (Lipinski definition) is 3. The zero-order chi connectivity index (χ0) is 19.7. The second kappa shape index (κ2) is 7.58. The molecule has 1 N–H and O–H groups in total. The molecular formula is C22H15Cl2N3O. The normalized spacial score (nSPS) is 10.8. The minimum atomic E-state index is -0.275. The maximum absolute atomic E-state index is 13.1. The Labute approximate surface area is 172 Å². The summed E-state index contributed by atoms with van der Waals surface area (Å²) >= 11 is 12.1. The number of hydrogen-bond donors (Lipinski definition) is 1. The van der Waals surface area contributed by atoms with Crippen LogP contribution in [0.1, 0.15) is 15.9 Å². The first-order valence-electron chi connectivity index (χ1n) is 8.60. The fraction of sp³-hybridized carbons (Fsp3) is 0.0455. The van der Waals surface area contributed by atoms with Crippen LogP contribution in [0.15, 0.2) is 66.9 Å². The Hall–Kier alpha value is -2.95. The maximum atomic E-state index is 13.1. The summed E-state index contributed by atoms with van der Waals surface area (Å²) in [4.78, 5) is 21.8. The van der Waals surface area contributed by atoms with E-state index in [0.29, 0.717) is 22.0 Å². The van der Waals surface area contributed by atoms with E-state index in [-0.39, 0.29) is 11.1 Å². The Kier molecular flexibility index (Phi) is 4.99. The van der Waals surface area contributed by atoms with Crippen LogP contribution >= 0.6 is 23.2 Å². The van der Waals surface area contributed by atoms with Crippen LogP contribution in [0.3, 0.4) is 0 Å². The molecular weight excluding hydrogens is 393 g/mol. The zero-order valence-electron chi connectivity index (χ0n) is 14.9. The van der Waals surface area contributed by atoms with E-state index in [1.54, 1.807) is 36.5 Å². The molecule has 0 atom stereocenters. The van der Waals surface area contributed by atoms with E-state index >= 15 is 0 Å². The van der Waals surface area contributed by atoms with Crippen LogP contribution in [-0.2, 0) is 0 Å². The van der Waals surface area contributed by atoms with Gasteiger partial charge < -0.3 is 5.32 Å². The number of rotatable bonds is 3. The van der Waals surface area contributed by atoms with Gasteiger partial charge in [0.2, 0.25) is 0 Å². The quantitative estimate of drug-likeness (QED) is 0.413. The lowest BCUT2D eigenvalue weighted by Gasteiger charge is -2.12. The van der Waals surface area contributed by atoms with Crippen LogP contribution in [0.5, 0.6) is 0 Å². The molecule has 0 radical (unpaired) electrons. The van der Waals surface area contributed by atoms with E-state index in [9.17, 15) is 4.79 Å². The average Bonchev–Trinajstić information content (AvgIpc) is 2.69. The fourth-order valence-electron chi connectivity index (χ4n) is 2.96. The van der Waals surface area contributed by atoms with Crippen LogP contribution in [0, 0.1) is 6.92 Å². The number of nitrogens with zero attached hydrogens (tertiary/aromatic N) is 2. The summed E-state index contributed by atoms with van der Waals surface area (Å²) in [5.74, 6) is -0.275. The number of carbonyl (C=O) groups is 1. The van der Waals surface area contributed by atoms with Crippen molar-refractivity contribution in [3.8, 4) is 11.3 Å². The lowest BCUT2D eigenvalue weighted by atomic mass is 10.0. The number of fused-ring (bicyclic) bond motifs is 1. The molecule has 0 fully saturated rings. The molecule has 4 aromatic rings. The molecule has 2 aromatic carbocycles. The van der Waals surface area contributed by atoms with Crippen LogP contribution in [0.2, 0.25) is 10.2 Å². The van der Waals surface area contributed by atoms with Crippen molar-refractivity contribution in [2.45, 2.75) is 6.92 Å². The summed E-state index contributed by atoms with van der Waals surface area (Å²) in [6, 6.07) is 18.4. The smallest absolute Gasteiger partial charge is 0.256 e. The van der Waals surface area contributed by atoms with E-state index in [1.165, 1.54) is 0 Å². The molecule has 6 heteroatoms. The van der Waals surface area contributed by atoms with Gasteiger partial charge in [0.05, 0.1) is 22.5 Å². The molecule has 0 saturated carbocycles. The zero-order valence-corrected chi connectivity index (χ0v) is 16.4. The first kappa shape index (κ1) is 18.4. The topological polar surface area (TPSA) is 54.9 Å². The molecule has 1 amide bonds. The second-order valence-electron chi connectivity index (χ2n) is 6.38. The first-order valence-corrected chi connectivity index (χ1v) is 9.36. The molecule has 0 bridgehead atoms. The van der Waals surface area contributed by atoms with Crippen molar-refractivity contribution < 1.29 is 4.79 Å². The van der Waals surface area contributed by atoms with E-state index < -0.39 is 0 Å². The number of carbonyl (C=O) groups excluding carboxylic acids is 1. The Morgan fingerprint density at radius 1 is 1.00 bits per heavy atom. The van der Waals surface area contributed by atoms with Gasteiger partial charge in [0.25, 0.3) is 5.91 Å². The lowest BCUT2D eigenvalue weighted by Crippen LogP contribution is -2.13. The molecule has 0 aliphatic rings. The molecule has 0 aliphatic carbocycles. The van der Waals surface area contributed by atoms with Gasteiger partial charge in [0.15, 0.2) is 5.15 Å². The lowest BCUT2D eigenvalue weighted by molar-refractivity contribution is 0.102. The highest BCUT2D eigenvalue weighted by molar-refractivity contribution is 6.32. The van der Waals surface area contributed by atoms with Crippen molar-refractivity contribution in [3.63, 3.8) is 0 Å². The minimum Gasteiger partial charge on any atom is -0.319 e. The largest absolute Gasteiger partial charge is 0.319 e. The number of aryl methyl sites for hydroxylation is 1.